The average molecular weight is 641 g/mol. The van der Waals surface area contributed by atoms with Gasteiger partial charge >= 0.3 is 57.4 Å². The van der Waals surface area contributed by atoms with Crippen molar-refractivity contribution >= 4 is 22.2 Å². The van der Waals surface area contributed by atoms with E-state index < -0.39 is 16.5 Å². The van der Waals surface area contributed by atoms with E-state index in [-0.39, 0.29) is 92.0 Å². The number of esters is 1. The Balaban J connectivity index is 0.00000423. The Labute approximate surface area is 301 Å². The maximum absolute atomic E-state index is 13.4. The molecule has 5 rings (SSSR count). The summed E-state index contributed by atoms with van der Waals surface area (Å²) >= 11 is 0. The minimum absolute atomic E-state index is 0. The fraction of sp³-hybridized carbons (Fsp3) is 0.765. The van der Waals surface area contributed by atoms with E-state index in [2.05, 4.69) is 20.8 Å². The summed E-state index contributed by atoms with van der Waals surface area (Å²) in [5.74, 6) is 2.17. The van der Waals surface area contributed by atoms with Gasteiger partial charge in [-0.05, 0) is 110 Å². The van der Waals surface area contributed by atoms with Gasteiger partial charge in [-0.15, -0.1) is 0 Å². The van der Waals surface area contributed by atoms with Crippen LogP contribution < -0.4 is 51.4 Å². The quantitative estimate of drug-likeness (QED) is 0.174. The van der Waals surface area contributed by atoms with Gasteiger partial charge in [0.1, 0.15) is 11.9 Å². The summed E-state index contributed by atoms with van der Waals surface area (Å²) in [5, 5.41) is 0. The van der Waals surface area contributed by atoms with Gasteiger partial charge in [0, 0.05) is 18.8 Å². The molecule has 0 aromatic heterocycles. The number of carbonyl (C=O) groups excluding carboxylic acids is 2. The van der Waals surface area contributed by atoms with Gasteiger partial charge in [0.05, 0.1) is 11.7 Å². The third-order valence-electron chi connectivity index (χ3n) is 12.4. The summed E-state index contributed by atoms with van der Waals surface area (Å²) in [5.41, 5.74) is 0.746. The molecule has 1 aromatic carbocycles. The molecule has 4 aliphatic rings. The summed E-state index contributed by atoms with van der Waals surface area (Å²) < 4.78 is 45.3. The van der Waals surface area contributed by atoms with E-state index in [0.29, 0.717) is 54.3 Å². The second kappa shape index (κ2) is 13.9. The number of ether oxygens (including phenoxy) is 1. The number of hydrogen-bond donors (Lipinski definition) is 0. The molecule has 0 N–H and O–H groups in total. The Morgan fingerprint density at radius 1 is 1.00 bits per heavy atom. The van der Waals surface area contributed by atoms with E-state index in [4.69, 9.17) is 8.92 Å². The van der Waals surface area contributed by atoms with Gasteiger partial charge in [0.15, 0.2) is 0 Å². The SMILES string of the molecule is CC(C)[C@@H](CC[C@@H](C)C1CCC2C3C(CC[C@@]21C)[C@@]1(C)CCC(=O)C[C@@H]1C[C@H]3OC(=O)c1ccccc1)OS(=O)(=O)[O-].[K+]. The summed E-state index contributed by atoms with van der Waals surface area (Å²) in [6.45, 7) is 10.9. The van der Waals surface area contributed by atoms with Crippen molar-refractivity contribution in [3.8, 4) is 0 Å². The van der Waals surface area contributed by atoms with Crippen molar-refractivity contribution in [2.75, 3.05) is 0 Å². The van der Waals surface area contributed by atoms with Crippen LogP contribution in [0.5, 0.6) is 0 Å². The molecule has 4 unspecified atom stereocenters. The predicted molar refractivity (Wildman–Crippen MR) is 159 cm³/mol. The van der Waals surface area contributed by atoms with Crippen LogP contribution in [0.25, 0.3) is 0 Å². The van der Waals surface area contributed by atoms with Crippen LogP contribution in [-0.4, -0.2) is 36.9 Å². The smallest absolute Gasteiger partial charge is 0.726 e. The van der Waals surface area contributed by atoms with Crippen molar-refractivity contribution in [3.63, 3.8) is 0 Å². The molecule has 0 amide bonds. The molecule has 7 nitrogen and oxygen atoms in total. The fourth-order valence-electron chi connectivity index (χ4n) is 10.1. The van der Waals surface area contributed by atoms with Crippen LogP contribution in [0.2, 0.25) is 0 Å². The molecule has 9 heteroatoms. The van der Waals surface area contributed by atoms with Crippen molar-refractivity contribution in [1.29, 1.82) is 0 Å². The molecular formula is C34H49KO7S. The van der Waals surface area contributed by atoms with E-state index in [1.54, 1.807) is 12.1 Å². The molecule has 0 bridgehead atoms. The maximum atomic E-state index is 13.4. The van der Waals surface area contributed by atoms with Crippen molar-refractivity contribution in [2.24, 2.45) is 52.3 Å². The van der Waals surface area contributed by atoms with E-state index in [0.717, 1.165) is 44.9 Å². The zero-order chi connectivity index (χ0) is 30.4. The molecule has 4 fully saturated rings. The van der Waals surface area contributed by atoms with E-state index in [1.165, 1.54) is 0 Å². The number of carbonyl (C=O) groups is 2. The molecule has 0 radical (unpaired) electrons. The molecule has 0 spiro atoms. The van der Waals surface area contributed by atoms with Crippen LogP contribution in [0.15, 0.2) is 30.3 Å². The summed E-state index contributed by atoms with van der Waals surface area (Å²) in [4.78, 5) is 26.0. The van der Waals surface area contributed by atoms with E-state index in [1.807, 2.05) is 32.0 Å². The van der Waals surface area contributed by atoms with Gasteiger partial charge in [0.25, 0.3) is 0 Å². The largest absolute Gasteiger partial charge is 1.00 e. The molecular weight excluding hydrogens is 592 g/mol. The van der Waals surface area contributed by atoms with E-state index in [9.17, 15) is 22.6 Å². The second-order valence-corrected chi connectivity index (χ2v) is 15.9. The summed E-state index contributed by atoms with van der Waals surface area (Å²) in [7, 11) is -4.75. The fourth-order valence-corrected chi connectivity index (χ4v) is 10.8. The van der Waals surface area contributed by atoms with Crippen molar-refractivity contribution in [3.05, 3.63) is 35.9 Å². The van der Waals surface area contributed by atoms with Gasteiger partial charge in [-0.1, -0.05) is 52.8 Å². The molecule has 234 valence electrons. The van der Waals surface area contributed by atoms with E-state index >= 15 is 0 Å². The van der Waals surface area contributed by atoms with Crippen LogP contribution >= 0.6 is 0 Å². The number of hydrogen-bond acceptors (Lipinski definition) is 7. The number of rotatable bonds is 9. The minimum atomic E-state index is -4.75. The third kappa shape index (κ3) is 7.39. The van der Waals surface area contributed by atoms with Gasteiger partial charge in [-0.25, -0.2) is 13.2 Å². The Morgan fingerprint density at radius 3 is 2.33 bits per heavy atom. The zero-order valence-electron chi connectivity index (χ0n) is 26.9. The molecule has 0 saturated heterocycles. The minimum Gasteiger partial charge on any atom is -0.726 e. The molecule has 43 heavy (non-hydrogen) atoms. The Kier molecular flexibility index (Phi) is 11.6. The maximum Gasteiger partial charge on any atom is 1.00 e. The van der Waals surface area contributed by atoms with Crippen molar-refractivity contribution in [1.82, 2.24) is 0 Å². The van der Waals surface area contributed by atoms with Gasteiger partial charge < -0.3 is 9.29 Å². The number of fused-ring (bicyclic) bond motifs is 5. The van der Waals surface area contributed by atoms with Crippen molar-refractivity contribution < 1.29 is 82.9 Å². The standard InChI is InChI=1S/C34H50O7S.K/c1-21(2)29(41-42(37,38)39)14-11-22(3)26-12-13-27-31-28(16-18-34(26,27)5)33(4)17-15-25(35)19-24(33)20-30(31)40-32(36)23-9-7-6-8-10-23;/h6-10,21-22,24,26-31H,11-20H2,1-5H3,(H,37,38,39);/q;+1/p-1/t22-,24-,26?,27?,28?,29-,30-,31?,33+,34-;/m1./s1. The Hall–Kier alpha value is -0.134. The first-order valence-corrected chi connectivity index (χ1v) is 17.5. The van der Waals surface area contributed by atoms with Crippen LogP contribution in [-0.2, 0) is 24.1 Å². The zero-order valence-corrected chi connectivity index (χ0v) is 30.9. The van der Waals surface area contributed by atoms with Crippen LogP contribution in [0.3, 0.4) is 0 Å². The summed E-state index contributed by atoms with van der Waals surface area (Å²) in [6.07, 6.45) is 7.84. The average Bonchev–Trinajstić information content (AvgIpc) is 3.28. The van der Waals surface area contributed by atoms with Crippen LogP contribution in [0.4, 0.5) is 0 Å². The molecule has 4 aliphatic carbocycles. The Bertz CT molecular complexity index is 1250. The van der Waals surface area contributed by atoms with Crippen LogP contribution in [0.1, 0.15) is 109 Å². The first-order valence-electron chi connectivity index (χ1n) is 16.1. The summed E-state index contributed by atoms with van der Waals surface area (Å²) in [6, 6.07) is 9.23. The van der Waals surface area contributed by atoms with Gasteiger partial charge in [0.2, 0.25) is 10.4 Å². The molecule has 10 atom stereocenters. The number of ketones is 1. The third-order valence-corrected chi connectivity index (χ3v) is 12.9. The Morgan fingerprint density at radius 2 is 1.67 bits per heavy atom. The van der Waals surface area contributed by atoms with Gasteiger partial charge in [-0.2, -0.15) is 0 Å². The molecule has 1 aromatic rings. The number of Topliss-reactive ketones (excluding diaryl/α,β-unsaturated/α-hetero) is 1. The normalized spacial score (nSPS) is 37.0. The topological polar surface area (TPSA) is 110 Å². The van der Waals surface area contributed by atoms with Crippen LogP contribution in [0, 0.1) is 52.3 Å². The molecule has 4 saturated carbocycles. The predicted octanol–water partition coefficient (Wildman–Crippen LogP) is 3.97. The molecule has 0 aliphatic heterocycles. The monoisotopic (exact) mass is 640 g/mol. The second-order valence-electron chi connectivity index (χ2n) is 14.9. The first-order chi connectivity index (χ1) is 19.7. The van der Waals surface area contributed by atoms with Gasteiger partial charge in [-0.3, -0.25) is 8.98 Å². The number of benzene rings is 1. The molecule has 0 heterocycles. The first kappa shape index (κ1) is 35.7. The van der Waals surface area contributed by atoms with Crippen molar-refractivity contribution in [2.45, 2.75) is 111 Å².